The predicted molar refractivity (Wildman–Crippen MR) is 91.1 cm³/mol. The molecule has 1 aliphatic rings. The zero-order chi connectivity index (χ0) is 18.2. The van der Waals surface area contributed by atoms with Crippen molar-refractivity contribution in [2.24, 2.45) is 0 Å². The van der Waals surface area contributed by atoms with Gasteiger partial charge in [0.25, 0.3) is 0 Å². The van der Waals surface area contributed by atoms with Crippen molar-refractivity contribution < 1.29 is 18.0 Å². The molecular formula is C20H18F3NO. The van der Waals surface area contributed by atoms with E-state index in [4.69, 9.17) is 0 Å². The monoisotopic (exact) mass is 345 g/mol. The Morgan fingerprint density at radius 3 is 2.36 bits per heavy atom. The van der Waals surface area contributed by atoms with Gasteiger partial charge in [-0.1, -0.05) is 36.4 Å². The van der Waals surface area contributed by atoms with Gasteiger partial charge in [0.2, 0.25) is 0 Å². The third-order valence-corrected chi connectivity index (χ3v) is 4.19. The Labute approximate surface area is 144 Å². The summed E-state index contributed by atoms with van der Waals surface area (Å²) in [6, 6.07) is 12.1. The van der Waals surface area contributed by atoms with E-state index in [1.165, 1.54) is 18.2 Å². The van der Waals surface area contributed by atoms with E-state index >= 15 is 0 Å². The Hall–Kier alpha value is -2.56. The molecule has 0 spiro atoms. The molecule has 0 atom stereocenters. The van der Waals surface area contributed by atoms with Gasteiger partial charge in [0, 0.05) is 28.4 Å². The number of rotatable bonds is 2. The Morgan fingerprint density at radius 1 is 1.08 bits per heavy atom. The van der Waals surface area contributed by atoms with Gasteiger partial charge in [-0.2, -0.15) is 13.2 Å². The smallest absolute Gasteiger partial charge is 0.379 e. The molecule has 1 N–H and O–H groups in total. The van der Waals surface area contributed by atoms with E-state index in [2.05, 4.69) is 5.32 Å². The maximum Gasteiger partial charge on any atom is 0.416 e. The third-order valence-electron chi connectivity index (χ3n) is 4.19. The van der Waals surface area contributed by atoms with E-state index in [1.807, 2.05) is 38.1 Å². The van der Waals surface area contributed by atoms with Crippen LogP contribution in [-0.4, -0.2) is 11.3 Å². The van der Waals surface area contributed by atoms with Crippen molar-refractivity contribution in [3.63, 3.8) is 0 Å². The first-order valence-corrected chi connectivity index (χ1v) is 7.95. The van der Waals surface area contributed by atoms with Gasteiger partial charge in [0.1, 0.15) is 0 Å². The van der Waals surface area contributed by atoms with Crippen LogP contribution in [0.5, 0.6) is 0 Å². The van der Waals surface area contributed by atoms with Crippen molar-refractivity contribution in [2.45, 2.75) is 32.0 Å². The fourth-order valence-corrected chi connectivity index (χ4v) is 3.04. The fourth-order valence-electron chi connectivity index (χ4n) is 3.04. The highest BCUT2D eigenvalue weighted by atomic mass is 19.4. The topological polar surface area (TPSA) is 29.1 Å². The molecule has 0 unspecified atom stereocenters. The SMILES string of the molecule is CC1(C)Cc2ccccc2/C(=C/C(=O)c2ccc(C(F)(F)F)cc2)N1. The number of nitrogens with one attached hydrogen (secondary N) is 1. The molecule has 5 heteroatoms. The number of carbonyl (C=O) groups excluding carboxylic acids is 1. The number of benzene rings is 2. The Bertz CT molecular complexity index is 833. The summed E-state index contributed by atoms with van der Waals surface area (Å²) in [5, 5.41) is 3.35. The first-order valence-electron chi connectivity index (χ1n) is 7.95. The lowest BCUT2D eigenvalue weighted by atomic mass is 9.85. The van der Waals surface area contributed by atoms with Crippen molar-refractivity contribution in [1.82, 2.24) is 5.32 Å². The fraction of sp³-hybridized carbons (Fsp3) is 0.250. The van der Waals surface area contributed by atoms with Crippen LogP contribution in [0.4, 0.5) is 13.2 Å². The van der Waals surface area contributed by atoms with E-state index in [1.54, 1.807) is 0 Å². The number of allylic oxidation sites excluding steroid dienone is 1. The Kier molecular flexibility index (Phi) is 4.19. The molecular weight excluding hydrogens is 327 g/mol. The summed E-state index contributed by atoms with van der Waals surface area (Å²) in [5.41, 5.74) is 2.03. The number of hydrogen-bond donors (Lipinski definition) is 1. The van der Waals surface area contributed by atoms with E-state index in [9.17, 15) is 18.0 Å². The minimum atomic E-state index is -4.41. The third kappa shape index (κ3) is 3.76. The number of carbonyl (C=O) groups is 1. The minimum absolute atomic E-state index is 0.208. The van der Waals surface area contributed by atoms with Crippen molar-refractivity contribution >= 4 is 11.5 Å². The highest BCUT2D eigenvalue weighted by Gasteiger charge is 2.30. The molecule has 0 saturated carbocycles. The lowest BCUT2D eigenvalue weighted by Crippen LogP contribution is -2.43. The lowest BCUT2D eigenvalue weighted by molar-refractivity contribution is -0.137. The average molecular weight is 345 g/mol. The van der Waals surface area contributed by atoms with Crippen molar-refractivity contribution in [3.8, 4) is 0 Å². The van der Waals surface area contributed by atoms with E-state index in [-0.39, 0.29) is 16.9 Å². The van der Waals surface area contributed by atoms with Gasteiger partial charge in [-0.3, -0.25) is 4.79 Å². The molecule has 0 radical (unpaired) electrons. The predicted octanol–water partition coefficient (Wildman–Crippen LogP) is 4.85. The zero-order valence-corrected chi connectivity index (χ0v) is 13.9. The number of alkyl halides is 3. The molecule has 1 aliphatic heterocycles. The van der Waals surface area contributed by atoms with Gasteiger partial charge < -0.3 is 5.32 Å². The highest BCUT2D eigenvalue weighted by molar-refractivity contribution is 6.08. The molecule has 1 heterocycles. The number of hydrogen-bond acceptors (Lipinski definition) is 2. The van der Waals surface area contributed by atoms with Crippen LogP contribution in [0.2, 0.25) is 0 Å². The standard InChI is InChI=1S/C20H18F3NO/c1-19(2)12-14-5-3-4-6-16(14)17(24-19)11-18(25)13-7-9-15(10-8-13)20(21,22)23/h3-11,24H,12H2,1-2H3/b17-11-. The van der Waals surface area contributed by atoms with E-state index in [0.29, 0.717) is 5.70 Å². The average Bonchev–Trinajstić information content (AvgIpc) is 2.53. The lowest BCUT2D eigenvalue weighted by Gasteiger charge is -2.35. The van der Waals surface area contributed by atoms with Gasteiger partial charge in [-0.15, -0.1) is 0 Å². The van der Waals surface area contributed by atoms with E-state index < -0.39 is 11.7 Å². The van der Waals surface area contributed by atoms with Crippen molar-refractivity contribution in [1.29, 1.82) is 0 Å². The van der Waals surface area contributed by atoms with E-state index in [0.717, 1.165) is 29.7 Å². The first kappa shape index (κ1) is 17.3. The van der Waals surface area contributed by atoms with Crippen molar-refractivity contribution in [2.75, 3.05) is 0 Å². The van der Waals surface area contributed by atoms with Crippen molar-refractivity contribution in [3.05, 3.63) is 76.9 Å². The van der Waals surface area contributed by atoms with Crippen LogP contribution in [0, 0.1) is 0 Å². The van der Waals surface area contributed by atoms with Gasteiger partial charge >= 0.3 is 6.18 Å². The largest absolute Gasteiger partial charge is 0.416 e. The molecule has 0 bridgehead atoms. The quantitative estimate of drug-likeness (QED) is 0.622. The summed E-state index contributed by atoms with van der Waals surface area (Å²) in [6.45, 7) is 4.08. The molecule has 0 aliphatic carbocycles. The summed E-state index contributed by atoms with van der Waals surface area (Å²) in [7, 11) is 0. The maximum absolute atomic E-state index is 12.6. The van der Waals surface area contributed by atoms with Crippen LogP contribution >= 0.6 is 0 Å². The number of halogens is 3. The molecule has 0 amide bonds. The van der Waals surface area contributed by atoms with Gasteiger partial charge in [-0.25, -0.2) is 0 Å². The summed E-state index contributed by atoms with van der Waals surface area (Å²) in [5.74, 6) is -0.330. The van der Waals surface area contributed by atoms with Crippen LogP contribution in [0.3, 0.4) is 0 Å². The van der Waals surface area contributed by atoms with Crippen LogP contribution in [0.1, 0.15) is 40.9 Å². The molecule has 0 saturated heterocycles. The first-order chi connectivity index (χ1) is 11.7. The molecule has 3 rings (SSSR count). The molecule has 2 aromatic rings. The summed E-state index contributed by atoms with van der Waals surface area (Å²) in [4.78, 5) is 12.5. The molecule has 25 heavy (non-hydrogen) atoms. The van der Waals surface area contributed by atoms with Crippen LogP contribution in [-0.2, 0) is 12.6 Å². The van der Waals surface area contributed by atoms with Gasteiger partial charge in [0.05, 0.1) is 5.56 Å². The summed E-state index contributed by atoms with van der Waals surface area (Å²) >= 11 is 0. The highest BCUT2D eigenvalue weighted by Crippen LogP contribution is 2.31. The molecule has 0 aromatic heterocycles. The molecule has 130 valence electrons. The molecule has 2 nitrogen and oxygen atoms in total. The summed E-state index contributed by atoms with van der Waals surface area (Å²) in [6.07, 6.45) is -2.12. The van der Waals surface area contributed by atoms with Gasteiger partial charge in [0.15, 0.2) is 5.78 Å². The number of ketones is 1. The summed E-state index contributed by atoms with van der Waals surface area (Å²) < 4.78 is 37.9. The second-order valence-corrected chi connectivity index (χ2v) is 6.84. The van der Waals surface area contributed by atoms with Crippen LogP contribution in [0.15, 0.2) is 54.6 Å². The maximum atomic E-state index is 12.6. The molecule has 2 aromatic carbocycles. The Morgan fingerprint density at radius 2 is 1.72 bits per heavy atom. The Balaban J connectivity index is 1.93. The second-order valence-electron chi connectivity index (χ2n) is 6.84. The van der Waals surface area contributed by atoms with Crippen LogP contribution < -0.4 is 5.32 Å². The molecule has 0 fully saturated rings. The number of fused-ring (bicyclic) bond motifs is 1. The minimum Gasteiger partial charge on any atom is -0.379 e. The van der Waals surface area contributed by atoms with Crippen LogP contribution in [0.25, 0.3) is 5.70 Å². The van der Waals surface area contributed by atoms with Gasteiger partial charge in [-0.05, 0) is 38.0 Å². The zero-order valence-electron chi connectivity index (χ0n) is 13.9. The second kappa shape index (κ2) is 6.06. The normalized spacial score (nSPS) is 17.7.